The Kier molecular flexibility index (Phi) is 8.48. The van der Waals surface area contributed by atoms with Crippen molar-refractivity contribution in [2.45, 2.75) is 32.4 Å². The maximum Gasteiger partial charge on any atom is 0.115 e. The van der Waals surface area contributed by atoms with Crippen molar-refractivity contribution < 1.29 is 9.66 Å². The summed E-state index contributed by atoms with van der Waals surface area (Å²) in [7, 11) is 0. The monoisotopic (exact) mass is 214 g/mol. The van der Waals surface area contributed by atoms with Crippen LogP contribution in [0, 0.1) is 0 Å². The summed E-state index contributed by atoms with van der Waals surface area (Å²) in [5, 5.41) is 8.86. The molecule has 80 valence electrons. The van der Waals surface area contributed by atoms with E-state index >= 15 is 0 Å². The van der Waals surface area contributed by atoms with Crippen molar-refractivity contribution in [3.05, 3.63) is 29.8 Å². The van der Waals surface area contributed by atoms with E-state index in [2.05, 4.69) is 13.8 Å². The number of unbranched alkanes of at least 4 members (excludes halogenated alkanes) is 1. The van der Waals surface area contributed by atoms with E-state index < -0.39 is 0 Å². The lowest BCUT2D eigenvalue weighted by atomic mass is 10.2. The third kappa shape index (κ3) is 6.80. The molecule has 1 rings (SSSR count). The first kappa shape index (κ1) is 13.3. The molecule has 0 amide bonds. The average Bonchev–Trinajstić information content (AvgIpc) is 2.22. The molecule has 2 nitrogen and oxygen atoms in total. The molecule has 0 bridgehead atoms. The maximum atomic E-state index is 8.86. The SMILES string of the molecule is CCCC.OSCc1ccc(O)cc1. The normalized spacial score (nSPS) is 9.07. The van der Waals surface area contributed by atoms with Gasteiger partial charge in [0.15, 0.2) is 0 Å². The summed E-state index contributed by atoms with van der Waals surface area (Å²) in [5.41, 5.74) is 1.00. The average molecular weight is 214 g/mol. The molecule has 0 heterocycles. The number of phenols is 1. The molecule has 0 aromatic heterocycles. The molecule has 0 unspecified atom stereocenters. The predicted molar refractivity (Wildman–Crippen MR) is 62.6 cm³/mol. The number of aromatic hydroxyl groups is 1. The number of hydrogen-bond donors (Lipinski definition) is 2. The summed E-state index contributed by atoms with van der Waals surface area (Å²) in [6.45, 7) is 4.36. The van der Waals surface area contributed by atoms with Crippen LogP contribution in [0.25, 0.3) is 0 Å². The highest BCUT2D eigenvalue weighted by atomic mass is 32.2. The van der Waals surface area contributed by atoms with Gasteiger partial charge in [0.1, 0.15) is 5.75 Å². The van der Waals surface area contributed by atoms with Crippen molar-refractivity contribution in [1.29, 1.82) is 0 Å². The summed E-state index contributed by atoms with van der Waals surface area (Å²) < 4.78 is 8.44. The summed E-state index contributed by atoms with van der Waals surface area (Å²) in [5.74, 6) is 0.826. The van der Waals surface area contributed by atoms with Gasteiger partial charge in [-0.3, -0.25) is 0 Å². The largest absolute Gasteiger partial charge is 0.508 e. The summed E-state index contributed by atoms with van der Waals surface area (Å²) >= 11 is 0.779. The molecule has 0 atom stereocenters. The van der Waals surface area contributed by atoms with Crippen LogP contribution >= 0.6 is 12.0 Å². The Morgan fingerprint density at radius 1 is 1.07 bits per heavy atom. The number of benzene rings is 1. The lowest BCUT2D eigenvalue weighted by Crippen LogP contribution is -1.76. The summed E-state index contributed by atoms with van der Waals surface area (Å²) in [6.07, 6.45) is 2.64. The van der Waals surface area contributed by atoms with E-state index in [1.807, 2.05) is 0 Å². The molecule has 2 N–H and O–H groups in total. The van der Waals surface area contributed by atoms with E-state index in [1.54, 1.807) is 24.3 Å². The fraction of sp³-hybridized carbons (Fsp3) is 0.455. The van der Waals surface area contributed by atoms with Crippen LogP contribution < -0.4 is 0 Å². The topological polar surface area (TPSA) is 40.5 Å². The lowest BCUT2D eigenvalue weighted by molar-refractivity contribution is 0.475. The molecule has 0 aliphatic rings. The predicted octanol–water partition coefficient (Wildman–Crippen LogP) is 3.90. The van der Waals surface area contributed by atoms with Gasteiger partial charge in [0.05, 0.1) is 0 Å². The van der Waals surface area contributed by atoms with Crippen LogP contribution in [-0.4, -0.2) is 9.66 Å². The quantitative estimate of drug-likeness (QED) is 0.749. The molecular formula is C11H18O2S. The Balaban J connectivity index is 0.000000364. The Morgan fingerprint density at radius 3 is 1.93 bits per heavy atom. The number of phenolic OH excluding ortho intramolecular Hbond substituents is 1. The van der Waals surface area contributed by atoms with Crippen LogP contribution in [0.15, 0.2) is 24.3 Å². The standard InChI is InChI=1S/C7H8O2S.C4H10/c8-7-3-1-6(2-4-7)5-10-9;1-3-4-2/h1-4,8-9H,5H2;3-4H2,1-2H3. The second kappa shape index (κ2) is 8.91. The molecule has 0 saturated heterocycles. The second-order valence-corrected chi connectivity index (χ2v) is 3.49. The van der Waals surface area contributed by atoms with Crippen LogP contribution in [0.3, 0.4) is 0 Å². The van der Waals surface area contributed by atoms with Crippen molar-refractivity contribution >= 4 is 12.0 Å². The Hall–Kier alpha value is -0.670. The zero-order chi connectivity index (χ0) is 10.8. The molecule has 0 aliphatic carbocycles. The van der Waals surface area contributed by atoms with Gasteiger partial charge in [-0.15, -0.1) is 0 Å². The van der Waals surface area contributed by atoms with Gasteiger partial charge < -0.3 is 9.66 Å². The first-order valence-corrected chi connectivity index (χ1v) is 5.73. The van der Waals surface area contributed by atoms with Crippen LogP contribution in [0.4, 0.5) is 0 Å². The minimum atomic E-state index is 0.256. The van der Waals surface area contributed by atoms with E-state index in [0.29, 0.717) is 5.75 Å². The molecule has 1 aromatic rings. The zero-order valence-corrected chi connectivity index (χ0v) is 9.55. The number of rotatable bonds is 3. The maximum absolute atomic E-state index is 8.86. The van der Waals surface area contributed by atoms with Crippen molar-refractivity contribution in [3.8, 4) is 5.75 Å². The molecule has 0 spiro atoms. The molecule has 14 heavy (non-hydrogen) atoms. The fourth-order valence-electron chi connectivity index (χ4n) is 0.667. The molecule has 0 saturated carbocycles. The van der Waals surface area contributed by atoms with Gasteiger partial charge in [-0.05, 0) is 29.7 Å². The minimum absolute atomic E-state index is 0.256. The molecule has 1 aromatic carbocycles. The highest BCUT2D eigenvalue weighted by molar-refractivity contribution is 7.92. The molecule has 0 fully saturated rings. The molecular weight excluding hydrogens is 196 g/mol. The van der Waals surface area contributed by atoms with Gasteiger partial charge in [-0.25, -0.2) is 0 Å². The Morgan fingerprint density at radius 2 is 1.57 bits per heavy atom. The van der Waals surface area contributed by atoms with Gasteiger partial charge in [0.2, 0.25) is 0 Å². The zero-order valence-electron chi connectivity index (χ0n) is 8.73. The van der Waals surface area contributed by atoms with Crippen LogP contribution in [-0.2, 0) is 5.75 Å². The van der Waals surface area contributed by atoms with Crippen LogP contribution in [0.1, 0.15) is 32.3 Å². The third-order valence-electron chi connectivity index (χ3n) is 1.67. The van der Waals surface area contributed by atoms with Gasteiger partial charge in [-0.2, -0.15) is 0 Å². The molecule has 0 radical (unpaired) electrons. The summed E-state index contributed by atoms with van der Waals surface area (Å²) in [4.78, 5) is 0. The van der Waals surface area contributed by atoms with Crippen LogP contribution in [0.2, 0.25) is 0 Å². The van der Waals surface area contributed by atoms with Crippen molar-refractivity contribution in [3.63, 3.8) is 0 Å². The first-order valence-electron chi connectivity index (χ1n) is 4.78. The van der Waals surface area contributed by atoms with Crippen molar-refractivity contribution in [2.24, 2.45) is 0 Å². The van der Waals surface area contributed by atoms with Crippen molar-refractivity contribution in [1.82, 2.24) is 0 Å². The van der Waals surface area contributed by atoms with E-state index in [4.69, 9.17) is 9.66 Å². The van der Waals surface area contributed by atoms with E-state index in [-0.39, 0.29) is 5.75 Å². The Labute approximate surface area is 90.2 Å². The van der Waals surface area contributed by atoms with Gasteiger partial charge in [0.25, 0.3) is 0 Å². The highest BCUT2D eigenvalue weighted by Gasteiger charge is 1.90. The van der Waals surface area contributed by atoms with E-state index in [1.165, 1.54) is 12.8 Å². The van der Waals surface area contributed by atoms with E-state index in [0.717, 1.165) is 17.6 Å². The molecule has 0 aliphatic heterocycles. The lowest BCUT2D eigenvalue weighted by Gasteiger charge is -1.95. The van der Waals surface area contributed by atoms with Gasteiger partial charge in [0, 0.05) is 5.75 Å². The van der Waals surface area contributed by atoms with Gasteiger partial charge >= 0.3 is 0 Å². The smallest absolute Gasteiger partial charge is 0.115 e. The van der Waals surface area contributed by atoms with Gasteiger partial charge in [-0.1, -0.05) is 38.8 Å². The fourth-order valence-corrected chi connectivity index (χ4v) is 1.01. The second-order valence-electron chi connectivity index (χ2n) is 2.94. The van der Waals surface area contributed by atoms with E-state index in [9.17, 15) is 0 Å². The summed E-state index contributed by atoms with van der Waals surface area (Å²) in [6, 6.07) is 6.76. The first-order chi connectivity index (χ1) is 6.74. The Bertz CT molecular complexity index is 219. The number of hydrogen-bond acceptors (Lipinski definition) is 3. The molecule has 3 heteroatoms. The highest BCUT2D eigenvalue weighted by Crippen LogP contribution is 2.13. The van der Waals surface area contributed by atoms with Crippen LogP contribution in [0.5, 0.6) is 5.75 Å². The van der Waals surface area contributed by atoms with Crippen molar-refractivity contribution in [2.75, 3.05) is 0 Å². The minimum Gasteiger partial charge on any atom is -0.508 e. The third-order valence-corrected chi connectivity index (χ3v) is 2.13.